The van der Waals surface area contributed by atoms with Gasteiger partial charge < -0.3 is 10.3 Å². The third-order valence-electron chi connectivity index (χ3n) is 2.00. The Morgan fingerprint density at radius 1 is 1.31 bits per heavy atom. The molecule has 1 heterocycles. The van der Waals surface area contributed by atoms with Gasteiger partial charge >= 0.3 is 4.87 Å². The number of benzene rings is 1. The molecule has 82 valence electrons. The highest BCUT2D eigenvalue weighted by atomic mass is 32.1. The summed E-state index contributed by atoms with van der Waals surface area (Å²) in [5.74, 6) is -0.188. The Morgan fingerprint density at radius 3 is 2.62 bits per heavy atom. The Morgan fingerprint density at radius 2 is 2.00 bits per heavy atom. The van der Waals surface area contributed by atoms with E-state index in [1.165, 1.54) is 6.92 Å². The molecule has 1 aromatic heterocycles. The highest BCUT2D eigenvalue weighted by Gasteiger charge is 2.10. The minimum atomic E-state index is -0.188. The van der Waals surface area contributed by atoms with Crippen molar-refractivity contribution in [3.05, 3.63) is 40.0 Å². The van der Waals surface area contributed by atoms with E-state index in [1.807, 2.05) is 30.3 Å². The molecular weight excluding hydrogens is 224 g/mol. The molecule has 1 amide bonds. The van der Waals surface area contributed by atoms with Gasteiger partial charge in [0.2, 0.25) is 5.91 Å². The van der Waals surface area contributed by atoms with Gasteiger partial charge in [-0.05, 0) is 0 Å². The van der Waals surface area contributed by atoms with Gasteiger partial charge in [0.15, 0.2) is 0 Å². The van der Waals surface area contributed by atoms with Gasteiger partial charge in [-0.2, -0.15) is 0 Å². The number of aromatic nitrogens is 1. The predicted molar refractivity (Wildman–Crippen MR) is 64.7 cm³/mol. The highest BCUT2D eigenvalue weighted by Crippen LogP contribution is 2.27. The fourth-order valence-electron chi connectivity index (χ4n) is 1.38. The largest absolute Gasteiger partial charge is 0.316 e. The van der Waals surface area contributed by atoms with Crippen LogP contribution in [0.15, 0.2) is 35.1 Å². The van der Waals surface area contributed by atoms with E-state index in [2.05, 4.69) is 10.3 Å². The van der Waals surface area contributed by atoms with Crippen LogP contribution in [0.25, 0.3) is 11.3 Å². The SMILES string of the molecule is CC(=O)Nc1sc(=O)[nH]c1-c1ccccc1. The average Bonchev–Trinajstić information content (AvgIpc) is 2.60. The summed E-state index contributed by atoms with van der Waals surface area (Å²) in [4.78, 5) is 24.8. The Hall–Kier alpha value is -1.88. The Labute approximate surface area is 96.0 Å². The first kappa shape index (κ1) is 10.6. The zero-order valence-electron chi connectivity index (χ0n) is 8.61. The lowest BCUT2D eigenvalue weighted by Crippen LogP contribution is -2.05. The maximum absolute atomic E-state index is 11.3. The van der Waals surface area contributed by atoms with Crippen molar-refractivity contribution in [3.8, 4) is 11.3 Å². The molecule has 4 nitrogen and oxygen atoms in total. The topological polar surface area (TPSA) is 62.0 Å². The number of rotatable bonds is 2. The van der Waals surface area contributed by atoms with E-state index < -0.39 is 0 Å². The van der Waals surface area contributed by atoms with Crippen LogP contribution < -0.4 is 10.2 Å². The number of anilines is 1. The molecule has 0 atom stereocenters. The predicted octanol–water partition coefficient (Wildman–Crippen LogP) is 2.06. The van der Waals surface area contributed by atoms with Crippen LogP contribution in [0.5, 0.6) is 0 Å². The van der Waals surface area contributed by atoms with Gasteiger partial charge in [-0.25, -0.2) is 0 Å². The van der Waals surface area contributed by atoms with Gasteiger partial charge in [-0.3, -0.25) is 9.59 Å². The fourth-order valence-corrected chi connectivity index (χ4v) is 2.19. The minimum Gasteiger partial charge on any atom is -0.316 e. The van der Waals surface area contributed by atoms with E-state index >= 15 is 0 Å². The quantitative estimate of drug-likeness (QED) is 0.835. The van der Waals surface area contributed by atoms with Gasteiger partial charge in [0.1, 0.15) is 5.00 Å². The van der Waals surface area contributed by atoms with E-state index in [-0.39, 0.29) is 10.8 Å². The maximum Gasteiger partial charge on any atom is 0.306 e. The molecule has 0 aliphatic heterocycles. The second-order valence-electron chi connectivity index (χ2n) is 3.27. The average molecular weight is 234 g/mol. The van der Waals surface area contributed by atoms with Crippen molar-refractivity contribution in [1.29, 1.82) is 0 Å². The fraction of sp³-hybridized carbons (Fsp3) is 0.0909. The molecule has 0 radical (unpaired) electrons. The molecule has 5 heteroatoms. The first-order valence-electron chi connectivity index (χ1n) is 4.73. The standard InChI is InChI=1S/C11H10N2O2S/c1-7(14)12-10-9(13-11(15)16-10)8-5-3-2-4-6-8/h2-6H,1H3,(H,12,14)(H,13,15). The zero-order chi connectivity index (χ0) is 11.5. The first-order valence-corrected chi connectivity index (χ1v) is 5.54. The van der Waals surface area contributed by atoms with Crippen LogP contribution >= 0.6 is 11.3 Å². The summed E-state index contributed by atoms with van der Waals surface area (Å²) in [7, 11) is 0. The van der Waals surface area contributed by atoms with Crippen LogP contribution in [-0.4, -0.2) is 10.9 Å². The Balaban J connectivity index is 2.48. The lowest BCUT2D eigenvalue weighted by molar-refractivity contribution is -0.114. The molecule has 2 aromatic rings. The summed E-state index contributed by atoms with van der Waals surface area (Å²) >= 11 is 0.994. The van der Waals surface area contributed by atoms with Crippen molar-refractivity contribution < 1.29 is 4.79 Å². The molecule has 0 saturated heterocycles. The number of carbonyl (C=O) groups excluding carboxylic acids is 1. The molecule has 0 fully saturated rings. The van der Waals surface area contributed by atoms with Crippen LogP contribution in [0.4, 0.5) is 5.00 Å². The minimum absolute atomic E-state index is 0.178. The number of aromatic amines is 1. The molecule has 2 rings (SSSR count). The smallest absolute Gasteiger partial charge is 0.306 e. The maximum atomic E-state index is 11.3. The molecule has 1 aromatic carbocycles. The number of carbonyl (C=O) groups is 1. The molecule has 0 saturated carbocycles. The lowest BCUT2D eigenvalue weighted by Gasteiger charge is -2.02. The normalized spacial score (nSPS) is 10.1. The third kappa shape index (κ3) is 2.20. The second kappa shape index (κ2) is 4.32. The molecule has 0 aliphatic carbocycles. The Kier molecular flexibility index (Phi) is 2.87. The van der Waals surface area contributed by atoms with Crippen LogP contribution in [0.2, 0.25) is 0 Å². The molecule has 0 aliphatic rings. The van der Waals surface area contributed by atoms with E-state index in [0.29, 0.717) is 10.7 Å². The van der Waals surface area contributed by atoms with Gasteiger partial charge in [-0.1, -0.05) is 41.7 Å². The van der Waals surface area contributed by atoms with Gasteiger partial charge in [-0.15, -0.1) is 0 Å². The lowest BCUT2D eigenvalue weighted by atomic mass is 10.2. The first-order chi connectivity index (χ1) is 7.66. The second-order valence-corrected chi connectivity index (χ2v) is 4.25. The van der Waals surface area contributed by atoms with Crippen molar-refractivity contribution in [2.75, 3.05) is 5.32 Å². The number of nitrogens with one attached hydrogen (secondary N) is 2. The number of amides is 1. The van der Waals surface area contributed by atoms with Crippen LogP contribution in [-0.2, 0) is 4.79 Å². The summed E-state index contributed by atoms with van der Waals surface area (Å²) in [5, 5.41) is 3.20. The summed E-state index contributed by atoms with van der Waals surface area (Å²) in [6.45, 7) is 1.42. The molecule has 0 bridgehead atoms. The summed E-state index contributed by atoms with van der Waals surface area (Å²) in [6, 6.07) is 9.41. The number of H-pyrrole nitrogens is 1. The van der Waals surface area contributed by atoms with E-state index in [9.17, 15) is 9.59 Å². The highest BCUT2D eigenvalue weighted by molar-refractivity contribution is 7.14. The molecule has 2 N–H and O–H groups in total. The number of hydrogen-bond acceptors (Lipinski definition) is 3. The van der Waals surface area contributed by atoms with Crippen LogP contribution in [0.3, 0.4) is 0 Å². The third-order valence-corrected chi connectivity index (χ3v) is 2.80. The van der Waals surface area contributed by atoms with Crippen LogP contribution in [0, 0.1) is 0 Å². The molecule has 16 heavy (non-hydrogen) atoms. The van der Waals surface area contributed by atoms with Gasteiger partial charge in [0, 0.05) is 12.5 Å². The van der Waals surface area contributed by atoms with Crippen LogP contribution in [0.1, 0.15) is 6.92 Å². The summed E-state index contributed by atoms with van der Waals surface area (Å²) in [5.41, 5.74) is 1.54. The monoisotopic (exact) mass is 234 g/mol. The van der Waals surface area contributed by atoms with Crippen molar-refractivity contribution in [3.63, 3.8) is 0 Å². The summed E-state index contributed by atoms with van der Waals surface area (Å²) in [6.07, 6.45) is 0. The van der Waals surface area contributed by atoms with E-state index in [0.717, 1.165) is 16.9 Å². The summed E-state index contributed by atoms with van der Waals surface area (Å²) < 4.78 is 0. The molecule has 0 unspecified atom stereocenters. The van der Waals surface area contributed by atoms with Gasteiger partial charge in [0.25, 0.3) is 0 Å². The van der Waals surface area contributed by atoms with Crippen molar-refractivity contribution >= 4 is 22.2 Å². The molecular formula is C11H10N2O2S. The zero-order valence-corrected chi connectivity index (χ0v) is 9.43. The van der Waals surface area contributed by atoms with Crippen molar-refractivity contribution in [2.45, 2.75) is 6.92 Å². The van der Waals surface area contributed by atoms with Crippen molar-refractivity contribution in [2.24, 2.45) is 0 Å². The van der Waals surface area contributed by atoms with Gasteiger partial charge in [0.05, 0.1) is 5.69 Å². The van der Waals surface area contributed by atoms with E-state index in [4.69, 9.17) is 0 Å². The Bertz CT molecular complexity index is 557. The molecule has 0 spiro atoms. The van der Waals surface area contributed by atoms with E-state index in [1.54, 1.807) is 0 Å². The number of hydrogen-bond donors (Lipinski definition) is 2. The number of thiazole rings is 1. The van der Waals surface area contributed by atoms with Crippen molar-refractivity contribution in [1.82, 2.24) is 4.98 Å².